The summed E-state index contributed by atoms with van der Waals surface area (Å²) >= 11 is 0. The van der Waals surface area contributed by atoms with Gasteiger partial charge in [0.1, 0.15) is 0 Å². The highest BCUT2D eigenvalue weighted by molar-refractivity contribution is 5.81. The molecule has 0 unspecified atom stereocenters. The van der Waals surface area contributed by atoms with Crippen molar-refractivity contribution in [2.45, 2.75) is 52.4 Å². The van der Waals surface area contributed by atoms with Crippen LogP contribution in [0.2, 0.25) is 0 Å². The molecule has 1 aromatic rings. The van der Waals surface area contributed by atoms with E-state index in [4.69, 9.17) is 0 Å². The molecule has 0 saturated carbocycles. The summed E-state index contributed by atoms with van der Waals surface area (Å²) in [6, 6.07) is 8.31. The van der Waals surface area contributed by atoms with Gasteiger partial charge < -0.3 is 10.2 Å². The van der Waals surface area contributed by atoms with Crippen molar-refractivity contribution < 1.29 is 9.59 Å². The van der Waals surface area contributed by atoms with E-state index >= 15 is 0 Å². The molecule has 1 saturated heterocycles. The molecule has 0 bridgehead atoms. The monoisotopic (exact) mass is 330 g/mol. The van der Waals surface area contributed by atoms with Crippen LogP contribution >= 0.6 is 0 Å². The summed E-state index contributed by atoms with van der Waals surface area (Å²) in [5.41, 5.74) is 2.39. The first-order valence-electron chi connectivity index (χ1n) is 8.96. The number of hydrogen-bond acceptors (Lipinski definition) is 2. The number of benzene rings is 1. The molecule has 24 heavy (non-hydrogen) atoms. The minimum absolute atomic E-state index is 0.0743. The van der Waals surface area contributed by atoms with Crippen LogP contribution in [0, 0.1) is 12.8 Å². The Morgan fingerprint density at radius 2 is 2.00 bits per heavy atom. The van der Waals surface area contributed by atoms with Crippen molar-refractivity contribution in [3.8, 4) is 0 Å². The highest BCUT2D eigenvalue weighted by Crippen LogP contribution is 2.26. The molecule has 1 aliphatic heterocycles. The van der Waals surface area contributed by atoms with Crippen molar-refractivity contribution in [1.29, 1.82) is 0 Å². The second-order valence-corrected chi connectivity index (χ2v) is 7.45. The average Bonchev–Trinajstić information content (AvgIpc) is 2.59. The summed E-state index contributed by atoms with van der Waals surface area (Å²) in [6.45, 7) is 10.2. The summed E-state index contributed by atoms with van der Waals surface area (Å²) in [4.78, 5) is 26.3. The van der Waals surface area contributed by atoms with Crippen molar-refractivity contribution in [2.24, 2.45) is 5.92 Å². The van der Waals surface area contributed by atoms with E-state index in [0.29, 0.717) is 19.5 Å². The molecule has 1 aromatic carbocycles. The third-order valence-electron chi connectivity index (χ3n) is 5.03. The SMILES string of the molecule is CCC(=O)N1CCC[C@@H](C(=O)NCC(C)(C)c2ccccc2C)C1. The summed E-state index contributed by atoms with van der Waals surface area (Å²) in [7, 11) is 0. The molecule has 4 nitrogen and oxygen atoms in total. The summed E-state index contributed by atoms with van der Waals surface area (Å²) in [5.74, 6) is 0.139. The zero-order valence-corrected chi connectivity index (χ0v) is 15.4. The summed E-state index contributed by atoms with van der Waals surface area (Å²) in [5, 5.41) is 3.12. The Balaban J connectivity index is 1.95. The van der Waals surface area contributed by atoms with Crippen LogP contribution in [0.15, 0.2) is 24.3 Å². The lowest BCUT2D eigenvalue weighted by molar-refractivity contribution is -0.135. The molecule has 0 aliphatic carbocycles. The Hall–Kier alpha value is -1.84. The largest absolute Gasteiger partial charge is 0.355 e. The maximum atomic E-state index is 12.6. The first-order chi connectivity index (χ1) is 11.3. The Bertz CT molecular complexity index is 595. The molecule has 0 spiro atoms. The van der Waals surface area contributed by atoms with Crippen LogP contribution in [0.4, 0.5) is 0 Å². The lowest BCUT2D eigenvalue weighted by Crippen LogP contribution is -2.47. The minimum atomic E-state index is -0.116. The fourth-order valence-electron chi connectivity index (χ4n) is 3.52. The van der Waals surface area contributed by atoms with Crippen molar-refractivity contribution in [3.63, 3.8) is 0 Å². The molecular weight excluding hydrogens is 300 g/mol. The quantitative estimate of drug-likeness (QED) is 0.902. The number of likely N-dealkylation sites (tertiary alicyclic amines) is 1. The second kappa shape index (κ2) is 7.82. The minimum Gasteiger partial charge on any atom is -0.355 e. The fourth-order valence-corrected chi connectivity index (χ4v) is 3.52. The number of nitrogens with one attached hydrogen (secondary N) is 1. The Kier molecular flexibility index (Phi) is 6.03. The molecule has 1 N–H and O–H groups in total. The third-order valence-corrected chi connectivity index (χ3v) is 5.03. The zero-order chi connectivity index (χ0) is 17.7. The van der Waals surface area contributed by atoms with Gasteiger partial charge in [-0.1, -0.05) is 45.0 Å². The zero-order valence-electron chi connectivity index (χ0n) is 15.4. The molecule has 2 amide bonds. The number of hydrogen-bond donors (Lipinski definition) is 1. The molecule has 0 aromatic heterocycles. The van der Waals surface area contributed by atoms with Crippen LogP contribution in [-0.4, -0.2) is 36.3 Å². The Morgan fingerprint density at radius 3 is 2.67 bits per heavy atom. The van der Waals surface area contributed by atoms with Crippen LogP contribution in [0.5, 0.6) is 0 Å². The third kappa shape index (κ3) is 4.37. The van der Waals surface area contributed by atoms with Crippen molar-refractivity contribution >= 4 is 11.8 Å². The van der Waals surface area contributed by atoms with Crippen LogP contribution in [0.1, 0.15) is 51.2 Å². The van der Waals surface area contributed by atoms with Gasteiger partial charge in [0.05, 0.1) is 5.92 Å². The van der Waals surface area contributed by atoms with Gasteiger partial charge in [-0.15, -0.1) is 0 Å². The van der Waals surface area contributed by atoms with E-state index < -0.39 is 0 Å². The molecule has 1 atom stereocenters. The molecule has 132 valence electrons. The highest BCUT2D eigenvalue weighted by Gasteiger charge is 2.29. The summed E-state index contributed by atoms with van der Waals surface area (Å²) < 4.78 is 0. The van der Waals surface area contributed by atoms with Crippen molar-refractivity contribution in [2.75, 3.05) is 19.6 Å². The van der Waals surface area contributed by atoms with Gasteiger partial charge in [0.15, 0.2) is 0 Å². The summed E-state index contributed by atoms with van der Waals surface area (Å²) in [6.07, 6.45) is 2.28. The van der Waals surface area contributed by atoms with E-state index in [1.54, 1.807) is 0 Å². The molecule has 1 fully saturated rings. The maximum Gasteiger partial charge on any atom is 0.224 e. The van der Waals surface area contributed by atoms with Crippen LogP contribution in [0.3, 0.4) is 0 Å². The Labute approximate surface area is 145 Å². The van der Waals surface area contributed by atoms with Gasteiger partial charge in [0, 0.05) is 31.5 Å². The van der Waals surface area contributed by atoms with Crippen LogP contribution < -0.4 is 5.32 Å². The van der Waals surface area contributed by atoms with Gasteiger partial charge in [0.2, 0.25) is 11.8 Å². The highest BCUT2D eigenvalue weighted by atomic mass is 16.2. The number of amides is 2. The molecule has 1 heterocycles. The predicted octanol–water partition coefficient (Wildman–Crippen LogP) is 3.04. The second-order valence-electron chi connectivity index (χ2n) is 7.45. The topological polar surface area (TPSA) is 49.4 Å². The van der Waals surface area contributed by atoms with Crippen LogP contribution in [-0.2, 0) is 15.0 Å². The number of aryl methyl sites for hydroxylation is 1. The lowest BCUT2D eigenvalue weighted by atomic mass is 9.82. The molecule has 2 rings (SSSR count). The van der Waals surface area contributed by atoms with Gasteiger partial charge in [-0.2, -0.15) is 0 Å². The van der Waals surface area contributed by atoms with Gasteiger partial charge >= 0.3 is 0 Å². The molecular formula is C20H30N2O2. The number of nitrogens with zero attached hydrogens (tertiary/aromatic N) is 1. The predicted molar refractivity (Wildman–Crippen MR) is 96.8 cm³/mol. The van der Waals surface area contributed by atoms with Gasteiger partial charge in [-0.05, 0) is 30.9 Å². The van der Waals surface area contributed by atoms with Gasteiger partial charge in [-0.25, -0.2) is 0 Å². The number of rotatable bonds is 5. The van der Waals surface area contributed by atoms with Crippen LogP contribution in [0.25, 0.3) is 0 Å². The number of piperidine rings is 1. The van der Waals surface area contributed by atoms with Crippen molar-refractivity contribution in [3.05, 3.63) is 35.4 Å². The molecule has 0 radical (unpaired) electrons. The van der Waals surface area contributed by atoms with Gasteiger partial charge in [-0.3, -0.25) is 9.59 Å². The van der Waals surface area contributed by atoms with E-state index in [2.05, 4.69) is 38.2 Å². The van der Waals surface area contributed by atoms with E-state index in [0.717, 1.165) is 19.4 Å². The van der Waals surface area contributed by atoms with E-state index in [1.807, 2.05) is 24.0 Å². The first kappa shape index (κ1) is 18.5. The van der Waals surface area contributed by atoms with E-state index in [1.165, 1.54) is 11.1 Å². The van der Waals surface area contributed by atoms with E-state index in [9.17, 15) is 9.59 Å². The lowest BCUT2D eigenvalue weighted by Gasteiger charge is -2.33. The average molecular weight is 330 g/mol. The van der Waals surface area contributed by atoms with E-state index in [-0.39, 0.29) is 23.1 Å². The molecule has 1 aliphatic rings. The molecule has 4 heteroatoms. The van der Waals surface area contributed by atoms with Gasteiger partial charge in [0.25, 0.3) is 0 Å². The Morgan fingerprint density at radius 1 is 1.29 bits per heavy atom. The smallest absolute Gasteiger partial charge is 0.224 e. The first-order valence-corrected chi connectivity index (χ1v) is 8.96. The standard InChI is InChI=1S/C20H30N2O2/c1-5-18(23)22-12-8-10-16(13-22)19(24)21-14-20(3,4)17-11-7-6-9-15(17)2/h6-7,9,11,16H,5,8,10,12-14H2,1-4H3,(H,21,24)/t16-/m1/s1. The van der Waals surface area contributed by atoms with Crippen molar-refractivity contribution in [1.82, 2.24) is 10.2 Å². The number of carbonyl (C=O) groups excluding carboxylic acids is 2. The fraction of sp³-hybridized carbons (Fsp3) is 0.600. The normalized spacial score (nSPS) is 18.3. The number of carbonyl (C=O) groups is 2. The maximum absolute atomic E-state index is 12.6.